The van der Waals surface area contributed by atoms with Crippen LogP contribution in [-0.2, 0) is 33.1 Å². The monoisotopic (exact) mass is 295 g/mol. The normalized spacial score (nSPS) is 11.4. The van der Waals surface area contributed by atoms with E-state index in [9.17, 15) is 9.59 Å². The van der Waals surface area contributed by atoms with Crippen LogP contribution in [0.2, 0.25) is 0 Å². The van der Waals surface area contributed by atoms with Crippen molar-refractivity contribution in [2.45, 2.75) is 39.0 Å². The summed E-state index contributed by atoms with van der Waals surface area (Å²) in [7, 11) is 0. The Balaban J connectivity index is 0.00000289. The van der Waals surface area contributed by atoms with Crippen LogP contribution in [0.15, 0.2) is 30.3 Å². The van der Waals surface area contributed by atoms with Crippen molar-refractivity contribution in [3.8, 4) is 0 Å². The molecular weight excluding hydrogens is 276 g/mol. The number of benzene rings is 1. The first-order valence-electron chi connectivity index (χ1n) is 6.29. The molecule has 0 aliphatic rings. The van der Waals surface area contributed by atoms with Crippen molar-refractivity contribution < 1.29 is 26.7 Å². The van der Waals surface area contributed by atoms with Crippen LogP contribution in [0.25, 0.3) is 0 Å². The van der Waals surface area contributed by atoms with E-state index in [4.69, 9.17) is 0 Å². The first-order valence-corrected chi connectivity index (χ1v) is 6.29. The number of Topliss-reactive ketones (excluding diaryl/α,β-unsaturated/α-hetero) is 1. The van der Waals surface area contributed by atoms with Crippen LogP contribution in [0.5, 0.6) is 0 Å². The van der Waals surface area contributed by atoms with E-state index in [0.29, 0.717) is 12.8 Å². The van der Waals surface area contributed by atoms with Gasteiger partial charge in [0.1, 0.15) is 12.1 Å². The molecular formula is C15H20CuO2+2. The van der Waals surface area contributed by atoms with Crippen LogP contribution in [0.3, 0.4) is 0 Å². The van der Waals surface area contributed by atoms with Gasteiger partial charge in [-0.15, -0.1) is 0 Å². The molecule has 18 heavy (non-hydrogen) atoms. The average Bonchev–Trinajstić information content (AvgIpc) is 2.37. The maximum Gasteiger partial charge on any atom is 2.00 e. The van der Waals surface area contributed by atoms with E-state index in [1.807, 2.05) is 30.3 Å². The third-order valence-corrected chi connectivity index (χ3v) is 2.90. The number of hydrogen-bond donors (Lipinski definition) is 0. The molecule has 1 aromatic carbocycles. The van der Waals surface area contributed by atoms with Crippen LogP contribution in [0, 0.1) is 5.92 Å². The predicted molar refractivity (Wildman–Crippen MR) is 68.8 cm³/mol. The maximum absolute atomic E-state index is 11.8. The Labute approximate surface area is 120 Å². The summed E-state index contributed by atoms with van der Waals surface area (Å²) < 4.78 is 0. The first kappa shape index (κ1) is 17.1. The molecule has 0 aliphatic carbocycles. The predicted octanol–water partition coefficient (Wildman–Crippen LogP) is 3.19. The zero-order chi connectivity index (χ0) is 12.5. The van der Waals surface area contributed by atoms with Gasteiger partial charge in [-0.2, -0.15) is 0 Å². The third kappa shape index (κ3) is 6.13. The largest absolute Gasteiger partial charge is 2.00 e. The van der Waals surface area contributed by atoms with Gasteiger partial charge in [-0.05, 0) is 18.4 Å². The molecule has 0 bridgehead atoms. The van der Waals surface area contributed by atoms with E-state index in [0.717, 1.165) is 31.1 Å². The summed E-state index contributed by atoms with van der Waals surface area (Å²) in [6.07, 6.45) is 4.91. The molecule has 2 nitrogen and oxygen atoms in total. The Morgan fingerprint density at radius 2 is 1.89 bits per heavy atom. The number of carbonyl (C=O) groups is 2. The SMILES string of the molecule is CCCCCC(=O)C(C=O)Cc1ccccc1.[Cu+2]. The standard InChI is InChI=1S/C15H20O2.Cu/c1-2-3-5-10-15(17)14(12-16)11-13-8-6-4-7-9-13;/h4,6-9,12,14H,2-3,5,10-11H2,1H3;/q;+2. The summed E-state index contributed by atoms with van der Waals surface area (Å²) in [5.74, 6) is -0.383. The van der Waals surface area contributed by atoms with Crippen molar-refractivity contribution in [2.24, 2.45) is 5.92 Å². The van der Waals surface area contributed by atoms with Gasteiger partial charge in [0.25, 0.3) is 0 Å². The molecule has 0 aromatic heterocycles. The van der Waals surface area contributed by atoms with Gasteiger partial charge in [-0.25, -0.2) is 0 Å². The Kier molecular flexibility index (Phi) is 9.53. The summed E-state index contributed by atoms with van der Waals surface area (Å²) in [4.78, 5) is 22.8. The molecule has 0 fully saturated rings. The quantitative estimate of drug-likeness (QED) is 0.319. The molecule has 0 aliphatic heterocycles. The number of unbranched alkanes of at least 4 members (excludes halogenated alkanes) is 2. The van der Waals surface area contributed by atoms with Gasteiger partial charge in [-0.1, -0.05) is 50.1 Å². The second-order valence-electron chi connectivity index (χ2n) is 4.36. The van der Waals surface area contributed by atoms with Gasteiger partial charge >= 0.3 is 17.1 Å². The topological polar surface area (TPSA) is 34.1 Å². The summed E-state index contributed by atoms with van der Waals surface area (Å²) in [6, 6.07) is 9.70. The Morgan fingerprint density at radius 1 is 1.22 bits per heavy atom. The van der Waals surface area contributed by atoms with Gasteiger partial charge in [-0.3, -0.25) is 4.79 Å². The van der Waals surface area contributed by atoms with E-state index in [1.165, 1.54) is 0 Å². The van der Waals surface area contributed by atoms with Crippen molar-refractivity contribution in [1.82, 2.24) is 0 Å². The number of carbonyl (C=O) groups excluding carboxylic acids is 2. The third-order valence-electron chi connectivity index (χ3n) is 2.90. The van der Waals surface area contributed by atoms with Gasteiger partial charge in [0, 0.05) is 6.42 Å². The summed E-state index contributed by atoms with van der Waals surface area (Å²) in [5, 5.41) is 0. The first-order chi connectivity index (χ1) is 8.27. The number of aldehydes is 1. The van der Waals surface area contributed by atoms with Crippen molar-refractivity contribution in [2.75, 3.05) is 0 Å². The molecule has 1 radical (unpaired) electrons. The number of hydrogen-bond acceptors (Lipinski definition) is 2. The van der Waals surface area contributed by atoms with Crippen LogP contribution in [0.1, 0.15) is 38.2 Å². The van der Waals surface area contributed by atoms with Gasteiger partial charge in [0.15, 0.2) is 0 Å². The fourth-order valence-corrected chi connectivity index (χ4v) is 1.84. The molecule has 0 saturated heterocycles. The van der Waals surface area contributed by atoms with E-state index in [-0.39, 0.29) is 22.9 Å². The fraction of sp³-hybridized carbons (Fsp3) is 0.467. The molecule has 101 valence electrons. The molecule has 1 unspecified atom stereocenters. The molecule has 3 heteroatoms. The second kappa shape index (κ2) is 10.0. The minimum absolute atomic E-state index is 0. The maximum atomic E-state index is 11.8. The molecule has 1 rings (SSSR count). The summed E-state index contributed by atoms with van der Waals surface area (Å²) >= 11 is 0. The van der Waals surface area contributed by atoms with Crippen LogP contribution >= 0.6 is 0 Å². The van der Waals surface area contributed by atoms with Crippen molar-refractivity contribution in [1.29, 1.82) is 0 Å². The van der Waals surface area contributed by atoms with Crippen molar-refractivity contribution >= 4 is 12.1 Å². The van der Waals surface area contributed by atoms with Gasteiger partial charge < -0.3 is 4.79 Å². The molecule has 0 spiro atoms. The molecule has 0 amide bonds. The molecule has 1 atom stereocenters. The average molecular weight is 296 g/mol. The zero-order valence-electron chi connectivity index (χ0n) is 10.7. The summed E-state index contributed by atoms with van der Waals surface area (Å²) in [6.45, 7) is 2.10. The van der Waals surface area contributed by atoms with Gasteiger partial charge in [0.05, 0.1) is 5.92 Å². The minimum Gasteiger partial charge on any atom is -0.303 e. The van der Waals surface area contributed by atoms with Crippen LogP contribution in [-0.4, -0.2) is 12.1 Å². The van der Waals surface area contributed by atoms with E-state index < -0.39 is 5.92 Å². The fourth-order valence-electron chi connectivity index (χ4n) is 1.84. The van der Waals surface area contributed by atoms with E-state index in [1.54, 1.807) is 0 Å². The van der Waals surface area contributed by atoms with Crippen LogP contribution in [0.4, 0.5) is 0 Å². The van der Waals surface area contributed by atoms with E-state index in [2.05, 4.69) is 6.92 Å². The molecule has 1 aromatic rings. The molecule has 0 N–H and O–H groups in total. The van der Waals surface area contributed by atoms with Crippen molar-refractivity contribution in [3.63, 3.8) is 0 Å². The molecule has 0 saturated carbocycles. The Bertz CT molecular complexity index is 349. The Hall–Kier alpha value is -0.921. The summed E-state index contributed by atoms with van der Waals surface area (Å²) in [5.41, 5.74) is 1.05. The molecule has 0 heterocycles. The van der Waals surface area contributed by atoms with E-state index >= 15 is 0 Å². The van der Waals surface area contributed by atoms with Crippen LogP contribution < -0.4 is 0 Å². The van der Waals surface area contributed by atoms with Crippen molar-refractivity contribution in [3.05, 3.63) is 35.9 Å². The number of rotatable bonds is 8. The Morgan fingerprint density at radius 3 is 2.44 bits per heavy atom. The smallest absolute Gasteiger partial charge is 0.303 e. The van der Waals surface area contributed by atoms with Gasteiger partial charge in [0.2, 0.25) is 0 Å². The second-order valence-corrected chi connectivity index (χ2v) is 4.36. The zero-order valence-corrected chi connectivity index (χ0v) is 11.6. The minimum atomic E-state index is -0.464. The number of ketones is 1.